The van der Waals surface area contributed by atoms with Gasteiger partial charge in [-0.05, 0) is 24.3 Å². The number of nitro benzene ring substituents is 1. The molecule has 2 rings (SSSR count). The minimum absolute atomic E-state index is 0.0204. The zero-order valence-corrected chi connectivity index (χ0v) is 12.4. The van der Waals surface area contributed by atoms with E-state index in [0.717, 1.165) is 13.1 Å². The molecule has 0 radical (unpaired) electrons. The summed E-state index contributed by atoms with van der Waals surface area (Å²) in [5.74, 6) is 1.07. The minimum Gasteiger partial charge on any atom is -0.325 e. The van der Waals surface area contributed by atoms with Gasteiger partial charge in [-0.15, -0.1) is 0 Å². The molecular weight excluding hydrogens is 270 g/mol. The summed E-state index contributed by atoms with van der Waals surface area (Å²) < 4.78 is 0. The highest BCUT2D eigenvalue weighted by atomic mass is 16.6. The summed E-state index contributed by atoms with van der Waals surface area (Å²) in [6.07, 6.45) is 1.20. The quantitative estimate of drug-likeness (QED) is 0.683. The van der Waals surface area contributed by atoms with Gasteiger partial charge in [-0.25, -0.2) is 0 Å². The normalized spacial score (nSPS) is 22.8. The molecule has 1 amide bonds. The fraction of sp³-hybridized carbons (Fsp3) is 0.533. The van der Waals surface area contributed by atoms with E-state index in [9.17, 15) is 14.9 Å². The first-order chi connectivity index (χ1) is 9.94. The number of hydrogen-bond donors (Lipinski definition) is 1. The van der Waals surface area contributed by atoms with Gasteiger partial charge in [-0.3, -0.25) is 19.8 Å². The molecule has 0 aliphatic carbocycles. The van der Waals surface area contributed by atoms with E-state index in [-0.39, 0.29) is 11.6 Å². The monoisotopic (exact) mass is 291 g/mol. The van der Waals surface area contributed by atoms with Gasteiger partial charge in [0.25, 0.3) is 5.69 Å². The molecule has 0 unspecified atom stereocenters. The predicted molar refractivity (Wildman–Crippen MR) is 81.1 cm³/mol. The lowest BCUT2D eigenvalue weighted by Crippen LogP contribution is -2.42. The number of anilines is 1. The van der Waals surface area contributed by atoms with Crippen molar-refractivity contribution in [2.45, 2.75) is 20.3 Å². The highest BCUT2D eigenvalue weighted by Gasteiger charge is 2.23. The first-order valence-corrected chi connectivity index (χ1v) is 7.20. The highest BCUT2D eigenvalue weighted by molar-refractivity contribution is 5.92. The molecule has 21 heavy (non-hydrogen) atoms. The van der Waals surface area contributed by atoms with Gasteiger partial charge in [0, 0.05) is 30.9 Å². The third-order valence-corrected chi connectivity index (χ3v) is 3.65. The number of rotatable bonds is 4. The summed E-state index contributed by atoms with van der Waals surface area (Å²) >= 11 is 0. The second-order valence-corrected chi connectivity index (χ2v) is 6.00. The van der Waals surface area contributed by atoms with Crippen molar-refractivity contribution in [1.29, 1.82) is 0 Å². The van der Waals surface area contributed by atoms with Crippen molar-refractivity contribution in [3.8, 4) is 0 Å². The summed E-state index contributed by atoms with van der Waals surface area (Å²) in [6, 6.07) is 6.01. The van der Waals surface area contributed by atoms with E-state index >= 15 is 0 Å². The Morgan fingerprint density at radius 3 is 2.67 bits per heavy atom. The predicted octanol–water partition coefficient (Wildman–Crippen LogP) is 2.51. The Morgan fingerprint density at radius 2 is 2.05 bits per heavy atom. The topological polar surface area (TPSA) is 75.5 Å². The van der Waals surface area contributed by atoms with Gasteiger partial charge in [-0.1, -0.05) is 19.9 Å². The van der Waals surface area contributed by atoms with Crippen molar-refractivity contribution >= 4 is 17.3 Å². The van der Waals surface area contributed by atoms with E-state index in [1.165, 1.54) is 18.6 Å². The average molecular weight is 291 g/mol. The Labute approximate surface area is 124 Å². The number of nitro groups is 1. The van der Waals surface area contributed by atoms with Gasteiger partial charge in [-0.2, -0.15) is 0 Å². The molecule has 1 aliphatic rings. The van der Waals surface area contributed by atoms with Crippen LogP contribution in [0.25, 0.3) is 0 Å². The maximum atomic E-state index is 12.1. The first-order valence-electron chi connectivity index (χ1n) is 7.20. The Hall–Kier alpha value is -1.95. The summed E-state index contributed by atoms with van der Waals surface area (Å²) in [7, 11) is 0. The Morgan fingerprint density at radius 1 is 1.38 bits per heavy atom. The molecular formula is C15H21N3O3. The van der Waals surface area contributed by atoms with Crippen LogP contribution in [0.5, 0.6) is 0 Å². The number of nitrogens with zero attached hydrogens (tertiary/aromatic N) is 2. The van der Waals surface area contributed by atoms with Crippen molar-refractivity contribution in [1.82, 2.24) is 4.90 Å². The number of hydrogen-bond acceptors (Lipinski definition) is 4. The van der Waals surface area contributed by atoms with Crippen LogP contribution >= 0.6 is 0 Å². The zero-order valence-electron chi connectivity index (χ0n) is 12.4. The third kappa shape index (κ3) is 4.53. The molecule has 6 heteroatoms. The molecule has 1 aromatic rings. The number of likely N-dealkylation sites (tertiary alicyclic amines) is 1. The van der Waals surface area contributed by atoms with E-state index in [2.05, 4.69) is 24.1 Å². The molecule has 1 fully saturated rings. The van der Waals surface area contributed by atoms with E-state index in [1.807, 2.05) is 0 Å². The fourth-order valence-electron chi connectivity index (χ4n) is 3.02. The van der Waals surface area contributed by atoms with Crippen molar-refractivity contribution in [2.75, 3.05) is 25.0 Å². The number of piperidine rings is 1. The molecule has 1 N–H and O–H groups in total. The van der Waals surface area contributed by atoms with Gasteiger partial charge in [0.1, 0.15) is 0 Å². The largest absolute Gasteiger partial charge is 0.325 e. The standard InChI is InChI=1S/C15H21N3O3/c1-11-6-12(2)9-17(8-11)10-15(19)16-13-4-3-5-14(7-13)18(20)21/h3-5,7,11-12H,6,8-10H2,1-2H3,(H,16,19)/t11-,12-/m0/s1. The highest BCUT2D eigenvalue weighted by Crippen LogP contribution is 2.21. The molecule has 0 spiro atoms. The van der Waals surface area contributed by atoms with Crippen LogP contribution in [0.1, 0.15) is 20.3 Å². The molecule has 1 aliphatic heterocycles. The molecule has 6 nitrogen and oxygen atoms in total. The van der Waals surface area contributed by atoms with Crippen LogP contribution in [0.15, 0.2) is 24.3 Å². The third-order valence-electron chi connectivity index (χ3n) is 3.65. The van der Waals surface area contributed by atoms with E-state index in [4.69, 9.17) is 0 Å². The molecule has 1 heterocycles. The first kappa shape index (κ1) is 15.4. The number of carbonyl (C=O) groups is 1. The van der Waals surface area contributed by atoms with Gasteiger partial charge in [0.15, 0.2) is 0 Å². The van der Waals surface area contributed by atoms with Crippen LogP contribution in [0.2, 0.25) is 0 Å². The van der Waals surface area contributed by atoms with Crippen LogP contribution in [-0.4, -0.2) is 35.4 Å². The second kappa shape index (κ2) is 6.67. The van der Waals surface area contributed by atoms with Crippen LogP contribution in [-0.2, 0) is 4.79 Å². The van der Waals surface area contributed by atoms with Gasteiger partial charge < -0.3 is 5.32 Å². The summed E-state index contributed by atoms with van der Waals surface area (Å²) in [4.78, 5) is 24.4. The summed E-state index contributed by atoms with van der Waals surface area (Å²) in [6.45, 7) is 6.57. The smallest absolute Gasteiger partial charge is 0.271 e. The van der Waals surface area contributed by atoms with Gasteiger partial charge in [0.05, 0.1) is 11.5 Å². The molecule has 1 saturated heterocycles. The lowest BCUT2D eigenvalue weighted by atomic mass is 9.92. The Bertz CT molecular complexity index is 523. The number of non-ortho nitro benzene ring substituents is 1. The number of benzene rings is 1. The molecule has 0 aromatic heterocycles. The number of carbonyl (C=O) groups excluding carboxylic acids is 1. The van der Waals surface area contributed by atoms with Crippen LogP contribution < -0.4 is 5.32 Å². The lowest BCUT2D eigenvalue weighted by molar-refractivity contribution is -0.384. The molecule has 2 atom stereocenters. The minimum atomic E-state index is -0.469. The molecule has 1 aromatic carbocycles. The van der Waals surface area contributed by atoms with Gasteiger partial charge in [0.2, 0.25) is 5.91 Å². The van der Waals surface area contributed by atoms with E-state index < -0.39 is 4.92 Å². The molecule has 0 saturated carbocycles. The van der Waals surface area contributed by atoms with Gasteiger partial charge >= 0.3 is 0 Å². The molecule has 114 valence electrons. The maximum Gasteiger partial charge on any atom is 0.271 e. The van der Waals surface area contributed by atoms with Crippen molar-refractivity contribution in [3.05, 3.63) is 34.4 Å². The SMILES string of the molecule is C[C@H]1C[C@H](C)CN(CC(=O)Nc2cccc([N+](=O)[O-])c2)C1. The van der Waals surface area contributed by atoms with Crippen LogP contribution in [0.3, 0.4) is 0 Å². The second-order valence-electron chi connectivity index (χ2n) is 6.00. The number of amides is 1. The lowest BCUT2D eigenvalue weighted by Gasteiger charge is -2.34. The van der Waals surface area contributed by atoms with Crippen molar-refractivity contribution in [2.24, 2.45) is 11.8 Å². The van der Waals surface area contributed by atoms with Crippen molar-refractivity contribution in [3.63, 3.8) is 0 Å². The van der Waals surface area contributed by atoms with E-state index in [0.29, 0.717) is 24.1 Å². The Balaban J connectivity index is 1.92. The van der Waals surface area contributed by atoms with Crippen LogP contribution in [0, 0.1) is 22.0 Å². The molecule has 0 bridgehead atoms. The van der Waals surface area contributed by atoms with E-state index in [1.54, 1.807) is 12.1 Å². The number of nitrogens with one attached hydrogen (secondary N) is 1. The zero-order chi connectivity index (χ0) is 15.4. The summed E-state index contributed by atoms with van der Waals surface area (Å²) in [5, 5.41) is 13.4. The van der Waals surface area contributed by atoms with Crippen molar-refractivity contribution < 1.29 is 9.72 Å². The fourth-order valence-corrected chi connectivity index (χ4v) is 3.02. The Kier molecular flexibility index (Phi) is 4.90. The maximum absolute atomic E-state index is 12.1. The summed E-state index contributed by atoms with van der Waals surface area (Å²) in [5.41, 5.74) is 0.445. The van der Waals surface area contributed by atoms with Crippen LogP contribution in [0.4, 0.5) is 11.4 Å². The average Bonchev–Trinajstić information content (AvgIpc) is 2.37.